The van der Waals surface area contributed by atoms with E-state index in [0.717, 1.165) is 19.3 Å². The number of hydrogen-bond acceptors (Lipinski definition) is 3. The predicted molar refractivity (Wildman–Crippen MR) is 72.1 cm³/mol. The fourth-order valence-electron chi connectivity index (χ4n) is 3.49. The van der Waals surface area contributed by atoms with Crippen LogP contribution in [0.3, 0.4) is 0 Å². The third-order valence-electron chi connectivity index (χ3n) is 5.06. The summed E-state index contributed by atoms with van der Waals surface area (Å²) in [7, 11) is 1.80. The first-order chi connectivity index (χ1) is 8.59. The summed E-state index contributed by atoms with van der Waals surface area (Å²) in [5, 5.41) is 13.1. The van der Waals surface area contributed by atoms with Crippen LogP contribution >= 0.6 is 0 Å². The highest BCUT2D eigenvalue weighted by molar-refractivity contribution is 5.05. The molecule has 2 saturated carbocycles. The van der Waals surface area contributed by atoms with E-state index in [2.05, 4.69) is 25.2 Å². The lowest BCUT2D eigenvalue weighted by atomic mass is 9.64. The Morgan fingerprint density at radius 2 is 1.94 bits per heavy atom. The van der Waals surface area contributed by atoms with Crippen LogP contribution in [0.4, 0.5) is 0 Å². The van der Waals surface area contributed by atoms with Crippen LogP contribution in [0.25, 0.3) is 0 Å². The molecule has 0 saturated heterocycles. The number of ether oxygens (including phenoxy) is 1. The van der Waals surface area contributed by atoms with Crippen LogP contribution in [0.5, 0.6) is 0 Å². The number of nitriles is 1. The molecule has 0 aromatic carbocycles. The molecule has 1 N–H and O–H groups in total. The van der Waals surface area contributed by atoms with Gasteiger partial charge in [-0.25, -0.2) is 0 Å². The van der Waals surface area contributed by atoms with Gasteiger partial charge in [-0.1, -0.05) is 33.1 Å². The molecule has 0 spiro atoms. The molecule has 2 rings (SSSR count). The lowest BCUT2D eigenvalue weighted by molar-refractivity contribution is -0.101. The van der Waals surface area contributed by atoms with Gasteiger partial charge >= 0.3 is 0 Å². The Morgan fingerprint density at radius 3 is 2.56 bits per heavy atom. The quantitative estimate of drug-likeness (QED) is 0.783. The molecule has 4 atom stereocenters. The Kier molecular flexibility index (Phi) is 4.29. The minimum atomic E-state index is 0.195. The average Bonchev–Trinajstić information content (AvgIpc) is 2.58. The second-order valence-corrected chi connectivity index (χ2v) is 6.48. The van der Waals surface area contributed by atoms with Crippen LogP contribution in [-0.4, -0.2) is 25.3 Å². The molecular formula is C15H26N2O. The first-order valence-electron chi connectivity index (χ1n) is 7.28. The van der Waals surface area contributed by atoms with E-state index in [1.54, 1.807) is 7.11 Å². The van der Waals surface area contributed by atoms with E-state index >= 15 is 0 Å². The molecule has 102 valence electrons. The number of rotatable bonds is 3. The first-order valence-corrected chi connectivity index (χ1v) is 7.28. The maximum atomic E-state index is 9.30. The highest BCUT2D eigenvalue weighted by Crippen LogP contribution is 2.43. The van der Waals surface area contributed by atoms with E-state index in [4.69, 9.17) is 4.74 Å². The Bertz CT molecular complexity index is 321. The first kappa shape index (κ1) is 13.8. The number of nitrogens with zero attached hydrogens (tertiary/aromatic N) is 1. The monoisotopic (exact) mass is 250 g/mol. The average molecular weight is 250 g/mol. The zero-order valence-electron chi connectivity index (χ0n) is 11.9. The van der Waals surface area contributed by atoms with Crippen LogP contribution in [0.15, 0.2) is 0 Å². The van der Waals surface area contributed by atoms with Crippen molar-refractivity contribution >= 4 is 0 Å². The number of hydrogen-bond donors (Lipinski definition) is 1. The van der Waals surface area contributed by atoms with Crippen molar-refractivity contribution < 1.29 is 4.74 Å². The minimum absolute atomic E-state index is 0.195. The fourth-order valence-corrected chi connectivity index (χ4v) is 3.49. The van der Waals surface area contributed by atoms with Crippen molar-refractivity contribution in [2.45, 2.75) is 70.6 Å². The molecule has 0 aromatic heterocycles. The number of nitrogens with one attached hydrogen (secondary N) is 1. The van der Waals surface area contributed by atoms with E-state index in [9.17, 15) is 5.26 Å². The minimum Gasteiger partial charge on any atom is -0.381 e. The second-order valence-electron chi connectivity index (χ2n) is 6.48. The highest BCUT2D eigenvalue weighted by atomic mass is 16.5. The predicted octanol–water partition coefficient (Wildman–Crippen LogP) is 2.86. The van der Waals surface area contributed by atoms with Crippen molar-refractivity contribution in [2.24, 2.45) is 11.3 Å². The Hall–Kier alpha value is -0.590. The maximum Gasteiger partial charge on any atom is 0.0672 e. The van der Waals surface area contributed by atoms with Gasteiger partial charge in [-0.3, -0.25) is 0 Å². The molecule has 0 amide bonds. The lowest BCUT2D eigenvalue weighted by Gasteiger charge is -2.52. The van der Waals surface area contributed by atoms with Crippen LogP contribution in [0, 0.1) is 22.7 Å². The zero-order chi connectivity index (χ0) is 13.2. The third-order valence-corrected chi connectivity index (χ3v) is 5.06. The summed E-state index contributed by atoms with van der Waals surface area (Å²) in [6, 6.07) is 3.40. The Labute approximate surface area is 111 Å². The third kappa shape index (κ3) is 2.55. The SMILES string of the molecule is COC1CC(NC2CCCCCC2C#N)C1(C)C. The van der Waals surface area contributed by atoms with Gasteiger partial charge < -0.3 is 10.1 Å². The highest BCUT2D eigenvalue weighted by Gasteiger charge is 2.49. The molecular weight excluding hydrogens is 224 g/mol. The summed E-state index contributed by atoms with van der Waals surface area (Å²) in [5.41, 5.74) is 0.195. The van der Waals surface area contributed by atoms with E-state index in [-0.39, 0.29) is 11.3 Å². The molecule has 3 heteroatoms. The van der Waals surface area contributed by atoms with Crippen LogP contribution in [0.2, 0.25) is 0 Å². The normalized spacial score (nSPS) is 39.4. The van der Waals surface area contributed by atoms with E-state index < -0.39 is 0 Å². The second kappa shape index (κ2) is 5.59. The smallest absolute Gasteiger partial charge is 0.0672 e. The van der Waals surface area contributed by atoms with Gasteiger partial charge in [0.15, 0.2) is 0 Å². The van der Waals surface area contributed by atoms with Crippen molar-refractivity contribution in [3.8, 4) is 6.07 Å². The van der Waals surface area contributed by atoms with Gasteiger partial charge in [0.2, 0.25) is 0 Å². The maximum absolute atomic E-state index is 9.30. The van der Waals surface area contributed by atoms with E-state index in [1.165, 1.54) is 19.3 Å². The topological polar surface area (TPSA) is 45.0 Å². The van der Waals surface area contributed by atoms with Crippen LogP contribution < -0.4 is 5.32 Å². The van der Waals surface area contributed by atoms with Crippen molar-refractivity contribution in [2.75, 3.05) is 7.11 Å². The molecule has 2 aliphatic rings. The molecule has 0 heterocycles. The molecule has 0 radical (unpaired) electrons. The van der Waals surface area contributed by atoms with Gasteiger partial charge in [0.25, 0.3) is 0 Å². The summed E-state index contributed by atoms with van der Waals surface area (Å²) >= 11 is 0. The van der Waals surface area contributed by atoms with Gasteiger partial charge in [-0.2, -0.15) is 5.26 Å². The van der Waals surface area contributed by atoms with Gasteiger partial charge in [-0.05, 0) is 19.3 Å². The van der Waals surface area contributed by atoms with E-state index in [0.29, 0.717) is 18.2 Å². The van der Waals surface area contributed by atoms with Crippen LogP contribution in [0.1, 0.15) is 52.4 Å². The van der Waals surface area contributed by atoms with Crippen molar-refractivity contribution in [1.82, 2.24) is 5.32 Å². The fraction of sp³-hybridized carbons (Fsp3) is 0.933. The van der Waals surface area contributed by atoms with E-state index in [1.807, 2.05) is 0 Å². The summed E-state index contributed by atoms with van der Waals surface area (Å²) in [6.07, 6.45) is 7.42. The molecule has 4 unspecified atom stereocenters. The largest absolute Gasteiger partial charge is 0.381 e. The molecule has 2 aliphatic carbocycles. The molecule has 0 bridgehead atoms. The Morgan fingerprint density at radius 1 is 1.22 bits per heavy atom. The lowest BCUT2D eigenvalue weighted by Crippen LogP contribution is -2.63. The van der Waals surface area contributed by atoms with Crippen molar-refractivity contribution in [3.63, 3.8) is 0 Å². The Balaban J connectivity index is 1.94. The van der Waals surface area contributed by atoms with Gasteiger partial charge in [0.05, 0.1) is 18.1 Å². The van der Waals surface area contributed by atoms with Gasteiger partial charge in [0, 0.05) is 24.6 Å². The molecule has 3 nitrogen and oxygen atoms in total. The summed E-state index contributed by atoms with van der Waals surface area (Å²) in [5.74, 6) is 0.199. The van der Waals surface area contributed by atoms with Crippen molar-refractivity contribution in [3.05, 3.63) is 0 Å². The van der Waals surface area contributed by atoms with Gasteiger partial charge in [0.1, 0.15) is 0 Å². The molecule has 2 fully saturated rings. The van der Waals surface area contributed by atoms with Crippen LogP contribution in [-0.2, 0) is 4.74 Å². The van der Waals surface area contributed by atoms with Crippen molar-refractivity contribution in [1.29, 1.82) is 5.26 Å². The summed E-state index contributed by atoms with van der Waals surface area (Å²) in [6.45, 7) is 4.53. The summed E-state index contributed by atoms with van der Waals surface area (Å²) in [4.78, 5) is 0. The zero-order valence-corrected chi connectivity index (χ0v) is 11.9. The standard InChI is InChI=1S/C15H26N2O/c1-15(2)13(9-14(15)18-3)17-12-8-6-4-5-7-11(12)10-16/h11-14,17H,4-9H2,1-3H3. The number of methoxy groups -OCH3 is 1. The van der Waals surface area contributed by atoms with Gasteiger partial charge in [-0.15, -0.1) is 0 Å². The molecule has 0 aromatic rings. The summed E-state index contributed by atoms with van der Waals surface area (Å²) < 4.78 is 5.49. The molecule has 18 heavy (non-hydrogen) atoms. The molecule has 0 aliphatic heterocycles.